The molecule has 2 aliphatic heterocycles. The number of rotatable bonds is 4. The molecule has 124 valence electrons. The average Bonchev–Trinajstić information content (AvgIpc) is 3.26. The van der Waals surface area contributed by atoms with Crippen LogP contribution in [0.4, 0.5) is 0 Å². The largest absolute Gasteiger partial charge is 0.376 e. The Bertz CT molecular complexity index is 416. The fourth-order valence-electron chi connectivity index (χ4n) is 3.27. The summed E-state index contributed by atoms with van der Waals surface area (Å²) in [5.74, 6) is -1.68. The van der Waals surface area contributed by atoms with E-state index >= 15 is 0 Å². The lowest BCUT2D eigenvalue weighted by Crippen LogP contribution is -2.45. The van der Waals surface area contributed by atoms with Crippen LogP contribution in [0.25, 0.3) is 0 Å². The second-order valence-electron chi connectivity index (χ2n) is 6.22. The molecule has 22 heavy (non-hydrogen) atoms. The first-order chi connectivity index (χ1) is 10.7. The molecule has 0 radical (unpaired) electrons. The highest BCUT2D eigenvalue weighted by Gasteiger charge is 2.43. The topological polar surface area (TPSA) is 85.9 Å². The lowest BCUT2D eigenvalue weighted by molar-refractivity contribution is -0.161. The van der Waals surface area contributed by atoms with Crippen LogP contribution in [0, 0.1) is 0 Å². The maximum absolute atomic E-state index is 11.8. The van der Waals surface area contributed by atoms with Crippen LogP contribution in [0.2, 0.25) is 0 Å². The Balaban J connectivity index is 1.34. The molecule has 2 heterocycles. The first kappa shape index (κ1) is 15.7. The first-order valence-corrected chi connectivity index (χ1v) is 8.16. The van der Waals surface area contributed by atoms with Crippen molar-refractivity contribution >= 4 is 11.8 Å². The van der Waals surface area contributed by atoms with E-state index in [1.807, 2.05) is 0 Å². The highest BCUT2D eigenvalue weighted by atomic mass is 16.7. The maximum atomic E-state index is 11.8. The number of ether oxygens (including phenoxy) is 3. The minimum atomic E-state index is -0.631. The van der Waals surface area contributed by atoms with Crippen LogP contribution < -0.4 is 10.6 Å². The van der Waals surface area contributed by atoms with E-state index in [2.05, 4.69) is 10.6 Å². The summed E-state index contributed by atoms with van der Waals surface area (Å²) in [6.07, 6.45) is 5.86. The van der Waals surface area contributed by atoms with Crippen LogP contribution in [-0.2, 0) is 23.8 Å². The Hall–Kier alpha value is -1.18. The maximum Gasteiger partial charge on any atom is 0.309 e. The van der Waals surface area contributed by atoms with E-state index < -0.39 is 17.6 Å². The van der Waals surface area contributed by atoms with Crippen LogP contribution in [0.3, 0.4) is 0 Å². The van der Waals surface area contributed by atoms with Crippen molar-refractivity contribution in [1.29, 1.82) is 0 Å². The molecule has 2 amide bonds. The summed E-state index contributed by atoms with van der Waals surface area (Å²) in [4.78, 5) is 23.5. The van der Waals surface area contributed by atoms with Crippen molar-refractivity contribution < 1.29 is 23.8 Å². The smallest absolute Gasteiger partial charge is 0.309 e. The molecule has 0 aromatic heterocycles. The molecule has 7 heteroatoms. The zero-order valence-electron chi connectivity index (χ0n) is 12.8. The first-order valence-electron chi connectivity index (χ1n) is 8.16. The van der Waals surface area contributed by atoms with Gasteiger partial charge in [-0.3, -0.25) is 9.59 Å². The highest BCUT2D eigenvalue weighted by Crippen LogP contribution is 2.38. The third kappa shape index (κ3) is 3.77. The van der Waals surface area contributed by atoms with Gasteiger partial charge in [0.05, 0.1) is 12.7 Å². The number of nitrogens with one attached hydrogen (secondary N) is 2. The normalized spacial score (nSPS) is 29.8. The summed E-state index contributed by atoms with van der Waals surface area (Å²) in [5.41, 5.74) is 0. The van der Waals surface area contributed by atoms with Gasteiger partial charge >= 0.3 is 11.8 Å². The molecule has 3 fully saturated rings. The molecule has 0 bridgehead atoms. The predicted octanol–water partition coefficient (Wildman–Crippen LogP) is 0.0835. The van der Waals surface area contributed by atoms with Gasteiger partial charge in [0.25, 0.3) is 0 Å². The van der Waals surface area contributed by atoms with Gasteiger partial charge in [0.1, 0.15) is 6.10 Å². The zero-order valence-corrected chi connectivity index (χ0v) is 12.8. The Labute approximate surface area is 130 Å². The summed E-state index contributed by atoms with van der Waals surface area (Å²) in [6.45, 7) is 1.89. The van der Waals surface area contributed by atoms with Crippen molar-refractivity contribution in [3.05, 3.63) is 0 Å². The van der Waals surface area contributed by atoms with Gasteiger partial charge in [0.15, 0.2) is 5.79 Å². The van der Waals surface area contributed by atoms with Gasteiger partial charge in [-0.1, -0.05) is 0 Å². The van der Waals surface area contributed by atoms with Crippen molar-refractivity contribution in [3.63, 3.8) is 0 Å². The minimum Gasteiger partial charge on any atom is -0.376 e. The third-order valence-electron chi connectivity index (χ3n) is 4.49. The van der Waals surface area contributed by atoms with Crippen molar-refractivity contribution in [2.75, 3.05) is 26.3 Å². The van der Waals surface area contributed by atoms with Crippen molar-refractivity contribution in [2.45, 2.75) is 56.5 Å². The van der Waals surface area contributed by atoms with Gasteiger partial charge in [-0.15, -0.1) is 0 Å². The van der Waals surface area contributed by atoms with E-state index in [9.17, 15) is 9.59 Å². The molecule has 2 saturated heterocycles. The molecule has 7 nitrogen and oxygen atoms in total. The molecule has 2 N–H and O–H groups in total. The number of carbonyl (C=O) groups excluding carboxylic acids is 2. The Morgan fingerprint density at radius 3 is 2.32 bits per heavy atom. The number of carbonyl (C=O) groups is 2. The summed E-state index contributed by atoms with van der Waals surface area (Å²) < 4.78 is 17.0. The average molecular weight is 312 g/mol. The highest BCUT2D eigenvalue weighted by molar-refractivity contribution is 6.35. The number of hydrogen-bond acceptors (Lipinski definition) is 5. The van der Waals surface area contributed by atoms with Crippen LogP contribution in [0.1, 0.15) is 38.5 Å². The standard InChI is InChI=1S/C15H24N2O5/c18-13(16-8-11-4-3-7-20-11)14(19)17-9-12-10-21-15(22-12)5-1-2-6-15/h11-12H,1-10H2,(H,16,18)(H,17,19)/t11-,12-/m0/s1. The zero-order chi connectivity index (χ0) is 15.4. The molecule has 1 saturated carbocycles. The summed E-state index contributed by atoms with van der Waals surface area (Å²) >= 11 is 0. The fourth-order valence-corrected chi connectivity index (χ4v) is 3.27. The molecule has 2 atom stereocenters. The van der Waals surface area contributed by atoms with Gasteiger partial charge in [-0.2, -0.15) is 0 Å². The molecule has 0 aromatic carbocycles. The van der Waals surface area contributed by atoms with Crippen molar-refractivity contribution in [1.82, 2.24) is 10.6 Å². The molecular weight excluding hydrogens is 288 g/mol. The Kier molecular flexibility index (Phi) is 4.95. The van der Waals surface area contributed by atoms with E-state index in [1.54, 1.807) is 0 Å². The monoisotopic (exact) mass is 312 g/mol. The SMILES string of the molecule is O=C(NC[C@@H]1CCCO1)C(=O)NC[C@H]1COC2(CCCC2)O1. The van der Waals surface area contributed by atoms with Gasteiger partial charge in [0.2, 0.25) is 0 Å². The van der Waals surface area contributed by atoms with Gasteiger partial charge < -0.3 is 24.8 Å². The van der Waals surface area contributed by atoms with Gasteiger partial charge in [-0.05, 0) is 25.7 Å². The third-order valence-corrected chi connectivity index (χ3v) is 4.49. The van der Waals surface area contributed by atoms with E-state index in [4.69, 9.17) is 14.2 Å². The molecule has 0 aromatic rings. The Morgan fingerprint density at radius 2 is 1.68 bits per heavy atom. The number of hydrogen-bond donors (Lipinski definition) is 2. The molecule has 1 aliphatic carbocycles. The summed E-state index contributed by atoms with van der Waals surface area (Å²) in [5, 5.41) is 5.21. The molecular formula is C15H24N2O5. The lowest BCUT2D eigenvalue weighted by Gasteiger charge is -2.21. The van der Waals surface area contributed by atoms with E-state index in [-0.39, 0.29) is 12.2 Å². The van der Waals surface area contributed by atoms with Crippen LogP contribution in [0.15, 0.2) is 0 Å². The lowest BCUT2D eigenvalue weighted by atomic mass is 10.2. The summed E-state index contributed by atoms with van der Waals surface area (Å²) in [6, 6.07) is 0. The quantitative estimate of drug-likeness (QED) is 0.718. The molecule has 3 aliphatic rings. The Morgan fingerprint density at radius 1 is 1.00 bits per heavy atom. The van der Waals surface area contributed by atoms with Crippen LogP contribution in [-0.4, -0.2) is 56.1 Å². The van der Waals surface area contributed by atoms with Crippen molar-refractivity contribution in [2.24, 2.45) is 0 Å². The van der Waals surface area contributed by atoms with Crippen LogP contribution in [0.5, 0.6) is 0 Å². The summed E-state index contributed by atoms with van der Waals surface area (Å²) in [7, 11) is 0. The second-order valence-corrected chi connectivity index (χ2v) is 6.22. The minimum absolute atomic E-state index is 0.0329. The van der Waals surface area contributed by atoms with E-state index in [0.29, 0.717) is 19.7 Å². The second kappa shape index (κ2) is 6.93. The molecule has 3 rings (SSSR count). The van der Waals surface area contributed by atoms with Crippen LogP contribution >= 0.6 is 0 Å². The van der Waals surface area contributed by atoms with E-state index in [1.165, 1.54) is 0 Å². The molecule has 1 spiro atoms. The molecule has 0 unspecified atom stereocenters. The number of amides is 2. The van der Waals surface area contributed by atoms with Gasteiger partial charge in [0, 0.05) is 32.5 Å². The van der Waals surface area contributed by atoms with E-state index in [0.717, 1.165) is 45.1 Å². The predicted molar refractivity (Wildman–Crippen MR) is 77.0 cm³/mol. The van der Waals surface area contributed by atoms with Gasteiger partial charge in [-0.25, -0.2) is 0 Å². The fraction of sp³-hybridized carbons (Fsp3) is 0.867. The van der Waals surface area contributed by atoms with Crippen molar-refractivity contribution in [3.8, 4) is 0 Å².